The fraction of sp³-hybridized carbons (Fsp3) is 0.765. The van der Waals surface area contributed by atoms with Crippen LogP contribution in [-0.2, 0) is 33.6 Å². The summed E-state index contributed by atoms with van der Waals surface area (Å²) in [6.45, 7) is 8.40. The SMILES string of the molecule is CCCCC(=O)OOC(=O)[C@@H](C)C[C@H](NC(=O)OC(C)(C)C)C(=O)OC. The number of nitrogens with one attached hydrogen (secondary N) is 1. The fourth-order valence-electron chi connectivity index (χ4n) is 1.79. The average Bonchev–Trinajstić information content (AvgIpc) is 2.54. The van der Waals surface area contributed by atoms with Crippen LogP contribution in [0.5, 0.6) is 0 Å². The second kappa shape index (κ2) is 11.3. The molecule has 9 heteroatoms. The first-order chi connectivity index (χ1) is 12.0. The second-order valence-corrected chi connectivity index (χ2v) is 6.82. The van der Waals surface area contributed by atoms with Crippen LogP contribution in [0.1, 0.15) is 60.3 Å². The van der Waals surface area contributed by atoms with Gasteiger partial charge in [-0.3, -0.25) is 0 Å². The van der Waals surface area contributed by atoms with Crippen molar-refractivity contribution < 1.29 is 38.4 Å². The summed E-state index contributed by atoms with van der Waals surface area (Å²) in [5.74, 6) is -3.07. The van der Waals surface area contributed by atoms with Gasteiger partial charge in [0.05, 0.1) is 19.4 Å². The lowest BCUT2D eigenvalue weighted by Crippen LogP contribution is -2.45. The van der Waals surface area contributed by atoms with E-state index in [9.17, 15) is 19.2 Å². The molecule has 0 heterocycles. The van der Waals surface area contributed by atoms with Crippen molar-refractivity contribution in [2.45, 2.75) is 71.9 Å². The first-order valence-electron chi connectivity index (χ1n) is 8.48. The molecular formula is C17H29NO8. The molecule has 0 aliphatic heterocycles. The molecule has 0 rings (SSSR count). The van der Waals surface area contributed by atoms with Gasteiger partial charge in [-0.25, -0.2) is 29.0 Å². The molecule has 1 N–H and O–H groups in total. The van der Waals surface area contributed by atoms with Gasteiger partial charge in [0, 0.05) is 0 Å². The molecule has 26 heavy (non-hydrogen) atoms. The minimum atomic E-state index is -1.12. The Bertz CT molecular complexity index is 497. The number of hydrogen-bond acceptors (Lipinski definition) is 8. The predicted molar refractivity (Wildman–Crippen MR) is 90.7 cm³/mol. The monoisotopic (exact) mass is 375 g/mol. The molecule has 0 aromatic carbocycles. The minimum absolute atomic E-state index is 0.114. The number of carbonyl (C=O) groups excluding carboxylic acids is 4. The molecule has 2 atom stereocenters. The first-order valence-corrected chi connectivity index (χ1v) is 8.48. The van der Waals surface area contributed by atoms with Gasteiger partial charge in [0.1, 0.15) is 11.6 Å². The Morgan fingerprint density at radius 3 is 2.15 bits per heavy atom. The van der Waals surface area contributed by atoms with E-state index in [-0.39, 0.29) is 12.8 Å². The van der Waals surface area contributed by atoms with E-state index < -0.39 is 41.6 Å². The molecule has 0 aromatic heterocycles. The highest BCUT2D eigenvalue weighted by molar-refractivity contribution is 5.82. The molecule has 9 nitrogen and oxygen atoms in total. The smallest absolute Gasteiger partial charge is 0.408 e. The van der Waals surface area contributed by atoms with E-state index in [1.165, 1.54) is 6.92 Å². The first kappa shape index (κ1) is 23.7. The van der Waals surface area contributed by atoms with Crippen molar-refractivity contribution in [2.75, 3.05) is 7.11 Å². The summed E-state index contributed by atoms with van der Waals surface area (Å²) in [4.78, 5) is 55.8. The van der Waals surface area contributed by atoms with Crippen LogP contribution in [-0.4, -0.2) is 42.8 Å². The Morgan fingerprint density at radius 1 is 1.04 bits per heavy atom. The van der Waals surface area contributed by atoms with E-state index in [2.05, 4.69) is 19.8 Å². The Morgan fingerprint density at radius 2 is 1.65 bits per heavy atom. The van der Waals surface area contributed by atoms with Crippen molar-refractivity contribution in [2.24, 2.45) is 5.92 Å². The Hall–Kier alpha value is -2.32. The van der Waals surface area contributed by atoms with E-state index in [0.29, 0.717) is 6.42 Å². The van der Waals surface area contributed by atoms with Crippen LogP contribution in [0.4, 0.5) is 4.79 Å². The molecule has 150 valence electrons. The number of esters is 1. The molecule has 0 unspecified atom stereocenters. The van der Waals surface area contributed by atoms with Crippen LogP contribution in [0.3, 0.4) is 0 Å². The number of amides is 1. The lowest BCUT2D eigenvalue weighted by atomic mass is 10.0. The minimum Gasteiger partial charge on any atom is -0.467 e. The topological polar surface area (TPSA) is 117 Å². The highest BCUT2D eigenvalue weighted by Crippen LogP contribution is 2.12. The molecule has 0 spiro atoms. The summed E-state index contributed by atoms with van der Waals surface area (Å²) in [6.07, 6.45) is 0.632. The Labute approximate surface area is 153 Å². The standard InChI is InChI=1S/C17H29NO8/c1-7-8-9-13(19)25-26-14(20)11(2)10-12(15(21)23-6)18-16(22)24-17(3,4)5/h11-12H,7-10H2,1-6H3,(H,18,22)/t11-,12-/m0/s1. The summed E-state index contributed by atoms with van der Waals surface area (Å²) in [5.41, 5.74) is -0.748. The van der Waals surface area contributed by atoms with Crippen LogP contribution in [0, 0.1) is 5.92 Å². The van der Waals surface area contributed by atoms with Crippen molar-refractivity contribution in [3.05, 3.63) is 0 Å². The number of unbranched alkanes of at least 4 members (excludes halogenated alkanes) is 1. The normalized spacial score (nSPS) is 13.2. The van der Waals surface area contributed by atoms with Crippen molar-refractivity contribution in [1.82, 2.24) is 5.32 Å². The van der Waals surface area contributed by atoms with E-state index in [0.717, 1.165) is 13.5 Å². The zero-order valence-electron chi connectivity index (χ0n) is 16.2. The molecule has 0 aromatic rings. The summed E-state index contributed by atoms with van der Waals surface area (Å²) in [7, 11) is 1.16. The number of rotatable bonds is 8. The third-order valence-corrected chi connectivity index (χ3v) is 3.12. The van der Waals surface area contributed by atoms with Gasteiger partial charge >= 0.3 is 24.0 Å². The van der Waals surface area contributed by atoms with Crippen LogP contribution < -0.4 is 5.32 Å². The summed E-state index contributed by atoms with van der Waals surface area (Å²) >= 11 is 0. The van der Waals surface area contributed by atoms with Gasteiger partial charge in [-0.05, 0) is 33.6 Å². The molecule has 0 radical (unpaired) electrons. The number of hydrogen-bond donors (Lipinski definition) is 1. The third-order valence-electron chi connectivity index (χ3n) is 3.12. The number of alkyl carbamates (subject to hydrolysis) is 1. The Kier molecular flexibility index (Phi) is 10.3. The van der Waals surface area contributed by atoms with E-state index in [1.54, 1.807) is 20.8 Å². The molecule has 1 amide bonds. The summed E-state index contributed by atoms with van der Waals surface area (Å²) in [6, 6.07) is -1.12. The maximum atomic E-state index is 11.9. The van der Waals surface area contributed by atoms with E-state index >= 15 is 0 Å². The van der Waals surface area contributed by atoms with Crippen molar-refractivity contribution in [1.29, 1.82) is 0 Å². The average molecular weight is 375 g/mol. The largest absolute Gasteiger partial charge is 0.467 e. The zero-order chi connectivity index (χ0) is 20.3. The van der Waals surface area contributed by atoms with Crippen LogP contribution in [0.2, 0.25) is 0 Å². The number of carbonyl (C=O) groups is 4. The molecule has 0 bridgehead atoms. The summed E-state index contributed by atoms with van der Waals surface area (Å²) in [5, 5.41) is 2.35. The molecule has 0 aliphatic carbocycles. The van der Waals surface area contributed by atoms with Crippen molar-refractivity contribution in [3.63, 3.8) is 0 Å². The van der Waals surface area contributed by atoms with Crippen molar-refractivity contribution >= 4 is 24.0 Å². The number of methoxy groups -OCH3 is 1. The summed E-state index contributed by atoms with van der Waals surface area (Å²) < 4.78 is 9.70. The van der Waals surface area contributed by atoms with Gasteiger partial charge in [0.2, 0.25) is 0 Å². The van der Waals surface area contributed by atoms with E-state index in [4.69, 9.17) is 4.74 Å². The van der Waals surface area contributed by atoms with Crippen LogP contribution in [0.15, 0.2) is 0 Å². The molecule has 0 aliphatic rings. The van der Waals surface area contributed by atoms with Gasteiger partial charge < -0.3 is 14.8 Å². The fourth-order valence-corrected chi connectivity index (χ4v) is 1.79. The van der Waals surface area contributed by atoms with Crippen LogP contribution in [0.25, 0.3) is 0 Å². The maximum absolute atomic E-state index is 11.9. The lowest BCUT2D eigenvalue weighted by molar-refractivity contribution is -0.262. The molecular weight excluding hydrogens is 346 g/mol. The quantitative estimate of drug-likeness (QED) is 0.390. The van der Waals surface area contributed by atoms with Gasteiger partial charge in [-0.1, -0.05) is 20.3 Å². The van der Waals surface area contributed by atoms with Gasteiger partial charge in [-0.15, -0.1) is 0 Å². The van der Waals surface area contributed by atoms with Gasteiger partial charge in [-0.2, -0.15) is 0 Å². The Balaban J connectivity index is 4.65. The van der Waals surface area contributed by atoms with Gasteiger partial charge in [0.15, 0.2) is 0 Å². The second-order valence-electron chi connectivity index (χ2n) is 6.82. The van der Waals surface area contributed by atoms with Gasteiger partial charge in [0.25, 0.3) is 0 Å². The predicted octanol–water partition coefficient (Wildman–Crippen LogP) is 2.27. The zero-order valence-corrected chi connectivity index (χ0v) is 16.2. The highest BCUT2D eigenvalue weighted by atomic mass is 17.2. The number of ether oxygens (including phenoxy) is 2. The third kappa shape index (κ3) is 10.5. The molecule has 0 saturated carbocycles. The molecule has 0 saturated heterocycles. The van der Waals surface area contributed by atoms with E-state index in [1.807, 2.05) is 6.92 Å². The molecule has 0 fully saturated rings. The highest BCUT2D eigenvalue weighted by Gasteiger charge is 2.30. The lowest BCUT2D eigenvalue weighted by Gasteiger charge is -2.23. The van der Waals surface area contributed by atoms with Crippen LogP contribution >= 0.6 is 0 Å². The maximum Gasteiger partial charge on any atom is 0.408 e. The van der Waals surface area contributed by atoms with Crippen molar-refractivity contribution in [3.8, 4) is 0 Å².